The average Bonchev–Trinajstić information content (AvgIpc) is 3.29. The molecule has 0 heterocycles. The Balaban J connectivity index is 4.47. The molecule has 0 spiro atoms. The third-order valence-corrected chi connectivity index (χ3v) is 10.8. The molecule has 6 heteroatoms. The smallest absolute Gasteiger partial charge is 0.306 e. The lowest BCUT2D eigenvalue weighted by Gasteiger charge is -2.18. The van der Waals surface area contributed by atoms with Crippen LogP contribution in [0.1, 0.15) is 233 Å². The van der Waals surface area contributed by atoms with Gasteiger partial charge < -0.3 is 14.2 Å². The molecule has 0 aromatic carbocycles. The number of hydrogen-bond acceptors (Lipinski definition) is 6. The number of esters is 3. The summed E-state index contributed by atoms with van der Waals surface area (Å²) in [7, 11) is 0. The van der Waals surface area contributed by atoms with Crippen LogP contribution in [0.3, 0.4) is 0 Å². The minimum atomic E-state index is -0.801. The molecule has 0 rings (SSSR count). The van der Waals surface area contributed by atoms with E-state index >= 15 is 0 Å². The van der Waals surface area contributed by atoms with E-state index in [0.29, 0.717) is 19.3 Å². The Morgan fingerprint density at radius 2 is 0.656 bits per heavy atom. The van der Waals surface area contributed by atoms with Gasteiger partial charge in [0.25, 0.3) is 0 Å². The Hall–Kier alpha value is -3.67. The van der Waals surface area contributed by atoms with Gasteiger partial charge >= 0.3 is 17.9 Å². The van der Waals surface area contributed by atoms with Gasteiger partial charge in [-0.15, -0.1) is 0 Å². The first kappa shape index (κ1) is 60.3. The van der Waals surface area contributed by atoms with Crippen molar-refractivity contribution in [3.63, 3.8) is 0 Å². The molecule has 1 atom stereocenters. The highest BCUT2D eigenvalue weighted by Gasteiger charge is 2.19. The van der Waals surface area contributed by atoms with Crippen LogP contribution in [0.15, 0.2) is 97.2 Å². The molecule has 0 saturated carbocycles. The van der Waals surface area contributed by atoms with Crippen molar-refractivity contribution in [3.8, 4) is 0 Å². The molecule has 6 nitrogen and oxygen atoms in total. The molecule has 364 valence electrons. The quantitative estimate of drug-likeness (QED) is 0.0199. The molecular weight excluding hydrogens is 793 g/mol. The number of unbranched alkanes of at least 4 members (excludes halogenated alkanes) is 20. The maximum atomic E-state index is 12.8. The van der Waals surface area contributed by atoms with E-state index < -0.39 is 6.10 Å². The van der Waals surface area contributed by atoms with Crippen molar-refractivity contribution in [2.24, 2.45) is 0 Å². The average molecular weight is 889 g/mol. The van der Waals surface area contributed by atoms with Crippen molar-refractivity contribution in [1.82, 2.24) is 0 Å². The summed E-state index contributed by atoms with van der Waals surface area (Å²) in [6.07, 6.45) is 68.1. The number of carbonyl (C=O) groups is 3. The predicted molar refractivity (Wildman–Crippen MR) is 274 cm³/mol. The maximum Gasteiger partial charge on any atom is 0.306 e. The van der Waals surface area contributed by atoms with Crippen LogP contribution >= 0.6 is 0 Å². The minimum Gasteiger partial charge on any atom is -0.462 e. The highest BCUT2D eigenvalue weighted by atomic mass is 16.6. The Kier molecular flexibility index (Phi) is 49.0. The second kappa shape index (κ2) is 52.0. The zero-order valence-electron chi connectivity index (χ0n) is 41.5. The fraction of sp³-hybridized carbons (Fsp3) is 0.672. The van der Waals surface area contributed by atoms with E-state index in [9.17, 15) is 14.4 Å². The van der Waals surface area contributed by atoms with Crippen molar-refractivity contribution < 1.29 is 28.6 Å². The van der Waals surface area contributed by atoms with Gasteiger partial charge in [-0.2, -0.15) is 0 Å². The van der Waals surface area contributed by atoms with Crippen LogP contribution in [0.2, 0.25) is 0 Å². The Morgan fingerprint density at radius 3 is 1.08 bits per heavy atom. The monoisotopic (exact) mass is 889 g/mol. The van der Waals surface area contributed by atoms with E-state index in [2.05, 4.69) is 118 Å². The fourth-order valence-electron chi connectivity index (χ4n) is 6.86. The van der Waals surface area contributed by atoms with Gasteiger partial charge in [0, 0.05) is 19.3 Å². The van der Waals surface area contributed by atoms with Gasteiger partial charge in [-0.05, 0) is 116 Å². The normalized spacial score (nSPS) is 12.9. The van der Waals surface area contributed by atoms with E-state index in [1.165, 1.54) is 70.6 Å². The minimum absolute atomic E-state index is 0.0984. The van der Waals surface area contributed by atoms with Crippen LogP contribution in [0.5, 0.6) is 0 Å². The molecule has 0 amide bonds. The molecule has 64 heavy (non-hydrogen) atoms. The van der Waals surface area contributed by atoms with Gasteiger partial charge in [0.2, 0.25) is 0 Å². The molecule has 0 aliphatic heterocycles. The second-order valence-corrected chi connectivity index (χ2v) is 17.1. The number of hydrogen-bond donors (Lipinski definition) is 0. The lowest BCUT2D eigenvalue weighted by Crippen LogP contribution is -2.30. The van der Waals surface area contributed by atoms with E-state index in [0.717, 1.165) is 122 Å². The standard InChI is InChI=1S/C58H96O6/c1-4-7-10-13-16-19-22-25-27-28-29-30-32-33-36-39-42-45-48-51-57(60)63-54-55(53-62-56(59)50-47-44-41-38-35-24-21-18-15-12-9-6-3)64-58(61)52-49-46-43-40-37-34-31-26-23-20-17-14-11-8-5-2/h7,10,16-21,23,25-27,29-30,33,36,55H,4-6,8-9,11-15,22,24,28,31-32,34-35,37-54H2,1-3H3/b10-7-,19-16-,20-17-,21-18-,26-23-,27-25-,30-29-,36-33-. The lowest BCUT2D eigenvalue weighted by molar-refractivity contribution is -0.167. The number of carbonyl (C=O) groups excluding carboxylic acids is 3. The van der Waals surface area contributed by atoms with Crippen molar-refractivity contribution in [2.75, 3.05) is 13.2 Å². The Bertz CT molecular complexity index is 1300. The van der Waals surface area contributed by atoms with E-state index in [1.807, 2.05) is 0 Å². The van der Waals surface area contributed by atoms with Crippen LogP contribution in [-0.2, 0) is 28.6 Å². The summed E-state index contributed by atoms with van der Waals surface area (Å²) < 4.78 is 16.8. The number of ether oxygens (including phenoxy) is 3. The van der Waals surface area contributed by atoms with Gasteiger partial charge in [0.15, 0.2) is 6.10 Å². The molecule has 0 saturated heterocycles. The highest BCUT2D eigenvalue weighted by molar-refractivity contribution is 5.71. The molecule has 0 fully saturated rings. The Morgan fingerprint density at radius 1 is 0.344 bits per heavy atom. The molecule has 0 aliphatic carbocycles. The van der Waals surface area contributed by atoms with Crippen LogP contribution in [0.4, 0.5) is 0 Å². The van der Waals surface area contributed by atoms with Gasteiger partial charge in [0.1, 0.15) is 13.2 Å². The third-order valence-electron chi connectivity index (χ3n) is 10.8. The van der Waals surface area contributed by atoms with Crippen molar-refractivity contribution in [3.05, 3.63) is 97.2 Å². The summed E-state index contributed by atoms with van der Waals surface area (Å²) in [6, 6.07) is 0. The summed E-state index contributed by atoms with van der Waals surface area (Å²) in [4.78, 5) is 38.0. The Labute approximate surface area is 394 Å². The second-order valence-electron chi connectivity index (χ2n) is 17.1. The van der Waals surface area contributed by atoms with Gasteiger partial charge in [-0.25, -0.2) is 0 Å². The molecular formula is C58H96O6. The maximum absolute atomic E-state index is 12.8. The molecule has 0 aliphatic rings. The molecule has 0 aromatic heterocycles. The first-order valence-corrected chi connectivity index (χ1v) is 26.3. The van der Waals surface area contributed by atoms with Gasteiger partial charge in [-0.3, -0.25) is 14.4 Å². The van der Waals surface area contributed by atoms with Crippen molar-refractivity contribution in [1.29, 1.82) is 0 Å². The summed E-state index contributed by atoms with van der Waals surface area (Å²) >= 11 is 0. The predicted octanol–water partition coefficient (Wildman–Crippen LogP) is 17.4. The first-order chi connectivity index (χ1) is 31.5. The fourth-order valence-corrected chi connectivity index (χ4v) is 6.86. The van der Waals surface area contributed by atoms with Crippen LogP contribution < -0.4 is 0 Å². The van der Waals surface area contributed by atoms with Gasteiger partial charge in [-0.1, -0.05) is 195 Å². The topological polar surface area (TPSA) is 78.9 Å². The summed E-state index contributed by atoms with van der Waals surface area (Å²) in [6.45, 7) is 6.42. The SMILES string of the molecule is CC/C=C\C/C=C\C/C=C\C/C=C\C/C=C\CCCCCC(=O)OCC(COC(=O)CCCCCCC/C=C\CCCCC)OC(=O)CCCCCCCC/C=C\C=C/CCCCC. The van der Waals surface area contributed by atoms with Crippen molar-refractivity contribution >= 4 is 17.9 Å². The largest absolute Gasteiger partial charge is 0.462 e. The first-order valence-electron chi connectivity index (χ1n) is 26.3. The van der Waals surface area contributed by atoms with E-state index in [1.54, 1.807) is 0 Å². The zero-order valence-corrected chi connectivity index (χ0v) is 41.5. The van der Waals surface area contributed by atoms with Crippen LogP contribution in [0.25, 0.3) is 0 Å². The molecule has 0 N–H and O–H groups in total. The van der Waals surface area contributed by atoms with Crippen LogP contribution in [-0.4, -0.2) is 37.2 Å². The van der Waals surface area contributed by atoms with Crippen LogP contribution in [0, 0.1) is 0 Å². The molecule has 0 aromatic rings. The molecule has 1 unspecified atom stereocenters. The van der Waals surface area contributed by atoms with Gasteiger partial charge in [0.05, 0.1) is 0 Å². The third kappa shape index (κ3) is 49.3. The van der Waals surface area contributed by atoms with Crippen molar-refractivity contribution in [2.45, 2.75) is 239 Å². The number of rotatable bonds is 46. The summed E-state index contributed by atoms with van der Waals surface area (Å²) in [5, 5.41) is 0. The zero-order chi connectivity index (χ0) is 46.5. The van der Waals surface area contributed by atoms with E-state index in [-0.39, 0.29) is 31.1 Å². The molecule has 0 bridgehead atoms. The highest BCUT2D eigenvalue weighted by Crippen LogP contribution is 2.13. The summed E-state index contributed by atoms with van der Waals surface area (Å²) in [5.41, 5.74) is 0. The molecule has 0 radical (unpaired) electrons. The lowest BCUT2D eigenvalue weighted by atomic mass is 10.1. The summed E-state index contributed by atoms with van der Waals surface area (Å²) in [5.74, 6) is -0.955. The number of allylic oxidation sites excluding steroid dienone is 16. The van der Waals surface area contributed by atoms with E-state index in [4.69, 9.17) is 14.2 Å².